The summed E-state index contributed by atoms with van der Waals surface area (Å²) in [5.74, 6) is 1.08. The highest BCUT2D eigenvalue weighted by atomic mass is 35.5. The number of halogens is 1. The summed E-state index contributed by atoms with van der Waals surface area (Å²) in [4.78, 5) is 1.28. The maximum atomic E-state index is 5.65. The topological polar surface area (TPSA) is 52.0 Å². The molecule has 4 heteroatoms. The molecule has 0 saturated carbocycles. The number of rotatable bonds is 4. The molecule has 0 atom stereocenters. The third-order valence-electron chi connectivity index (χ3n) is 1.88. The van der Waals surface area contributed by atoms with E-state index < -0.39 is 0 Å². The van der Waals surface area contributed by atoms with Gasteiger partial charge in [0, 0.05) is 18.0 Å². The van der Waals surface area contributed by atoms with Crippen LogP contribution in [0.15, 0.2) is 23.1 Å². The van der Waals surface area contributed by atoms with Crippen LogP contribution in [0.3, 0.4) is 0 Å². The minimum absolute atomic E-state index is 0. The molecule has 0 aliphatic heterocycles. The Hall–Kier alpha value is -0.220. The van der Waals surface area contributed by atoms with Crippen LogP contribution in [-0.4, -0.2) is 5.75 Å². The summed E-state index contributed by atoms with van der Waals surface area (Å²) >= 11 is 1.82. The third-order valence-corrected chi connectivity index (χ3v) is 2.88. The molecule has 80 valence electrons. The van der Waals surface area contributed by atoms with Crippen LogP contribution >= 0.6 is 24.2 Å². The highest BCUT2D eigenvalue weighted by Crippen LogP contribution is 2.23. The molecule has 0 spiro atoms. The summed E-state index contributed by atoms with van der Waals surface area (Å²) in [6.45, 7) is 3.32. The van der Waals surface area contributed by atoms with Crippen molar-refractivity contribution in [3.63, 3.8) is 0 Å². The lowest BCUT2D eigenvalue weighted by molar-refractivity contribution is 0.992. The van der Waals surface area contributed by atoms with Gasteiger partial charge in [0.2, 0.25) is 0 Å². The van der Waals surface area contributed by atoms with E-state index in [2.05, 4.69) is 25.1 Å². The van der Waals surface area contributed by atoms with Gasteiger partial charge in [0.05, 0.1) is 0 Å². The van der Waals surface area contributed by atoms with Crippen molar-refractivity contribution in [1.82, 2.24) is 0 Å². The van der Waals surface area contributed by atoms with Gasteiger partial charge in [0.15, 0.2) is 0 Å². The second kappa shape index (κ2) is 7.12. The molecule has 0 bridgehead atoms. The lowest BCUT2D eigenvalue weighted by Crippen LogP contribution is -2.02. The molecular formula is C10H17ClN2S. The Kier molecular flexibility index (Phi) is 7.01. The first kappa shape index (κ1) is 13.8. The van der Waals surface area contributed by atoms with Crippen molar-refractivity contribution in [2.24, 2.45) is 11.5 Å². The fraction of sp³-hybridized carbons (Fsp3) is 0.400. The molecular weight excluding hydrogens is 216 g/mol. The summed E-state index contributed by atoms with van der Waals surface area (Å²) in [6, 6.07) is 6.27. The van der Waals surface area contributed by atoms with Crippen LogP contribution < -0.4 is 11.5 Å². The third kappa shape index (κ3) is 3.50. The maximum Gasteiger partial charge on any atom is 0.0189 e. The Morgan fingerprint density at radius 3 is 2.43 bits per heavy atom. The molecule has 1 rings (SSSR count). The van der Waals surface area contributed by atoms with Crippen LogP contribution in [0.2, 0.25) is 0 Å². The zero-order valence-corrected chi connectivity index (χ0v) is 9.96. The van der Waals surface area contributed by atoms with Crippen molar-refractivity contribution in [2.75, 3.05) is 5.75 Å². The van der Waals surface area contributed by atoms with Gasteiger partial charge in [-0.25, -0.2) is 0 Å². The van der Waals surface area contributed by atoms with E-state index >= 15 is 0 Å². The molecule has 1 aromatic rings. The van der Waals surface area contributed by atoms with Gasteiger partial charge < -0.3 is 11.5 Å². The van der Waals surface area contributed by atoms with Crippen LogP contribution in [0.25, 0.3) is 0 Å². The van der Waals surface area contributed by atoms with Gasteiger partial charge in [0.1, 0.15) is 0 Å². The predicted octanol–water partition coefficient (Wildman–Crippen LogP) is 2.14. The summed E-state index contributed by atoms with van der Waals surface area (Å²) in [5.41, 5.74) is 13.6. The Morgan fingerprint density at radius 1 is 1.21 bits per heavy atom. The van der Waals surface area contributed by atoms with Gasteiger partial charge in [-0.1, -0.05) is 19.1 Å². The van der Waals surface area contributed by atoms with Gasteiger partial charge in [-0.05, 0) is 22.9 Å². The van der Waals surface area contributed by atoms with E-state index in [1.807, 2.05) is 11.8 Å². The molecule has 4 N–H and O–H groups in total. The number of hydrogen-bond acceptors (Lipinski definition) is 3. The van der Waals surface area contributed by atoms with E-state index in [9.17, 15) is 0 Å². The zero-order chi connectivity index (χ0) is 9.68. The SMILES string of the molecule is CCSc1ccc(CN)cc1CN.Cl. The van der Waals surface area contributed by atoms with E-state index in [1.54, 1.807) is 0 Å². The van der Waals surface area contributed by atoms with Crippen LogP contribution in [0.4, 0.5) is 0 Å². The van der Waals surface area contributed by atoms with Crippen LogP contribution in [0.1, 0.15) is 18.1 Å². The largest absolute Gasteiger partial charge is 0.326 e. The monoisotopic (exact) mass is 232 g/mol. The van der Waals surface area contributed by atoms with E-state index in [0.29, 0.717) is 13.1 Å². The van der Waals surface area contributed by atoms with Crippen molar-refractivity contribution in [3.8, 4) is 0 Å². The maximum absolute atomic E-state index is 5.65. The fourth-order valence-electron chi connectivity index (χ4n) is 1.22. The number of benzene rings is 1. The van der Waals surface area contributed by atoms with E-state index in [4.69, 9.17) is 11.5 Å². The molecule has 0 aromatic heterocycles. The Morgan fingerprint density at radius 2 is 1.93 bits per heavy atom. The summed E-state index contributed by atoms with van der Waals surface area (Å²) in [5, 5.41) is 0. The second-order valence-electron chi connectivity index (χ2n) is 2.78. The minimum atomic E-state index is 0. The lowest BCUT2D eigenvalue weighted by Gasteiger charge is -2.07. The molecule has 0 unspecified atom stereocenters. The van der Waals surface area contributed by atoms with Gasteiger partial charge >= 0.3 is 0 Å². The standard InChI is InChI=1S/C10H16N2S.ClH/c1-2-13-10-4-3-8(6-11)5-9(10)7-12;/h3-5H,2,6-7,11-12H2,1H3;1H. The first-order valence-electron chi connectivity index (χ1n) is 4.46. The van der Waals surface area contributed by atoms with Crippen molar-refractivity contribution in [2.45, 2.75) is 24.9 Å². The highest BCUT2D eigenvalue weighted by Gasteiger charge is 2.01. The molecule has 0 aliphatic carbocycles. The fourth-order valence-corrected chi connectivity index (χ4v) is 2.02. The first-order valence-corrected chi connectivity index (χ1v) is 5.45. The smallest absolute Gasteiger partial charge is 0.0189 e. The summed E-state index contributed by atoms with van der Waals surface area (Å²) in [6.07, 6.45) is 0. The van der Waals surface area contributed by atoms with Crippen LogP contribution in [-0.2, 0) is 13.1 Å². The molecule has 0 aliphatic rings. The Balaban J connectivity index is 0.00000169. The van der Waals surface area contributed by atoms with E-state index in [1.165, 1.54) is 10.5 Å². The minimum Gasteiger partial charge on any atom is -0.326 e. The average Bonchev–Trinajstić information content (AvgIpc) is 2.19. The van der Waals surface area contributed by atoms with E-state index in [0.717, 1.165) is 11.3 Å². The number of thioether (sulfide) groups is 1. The number of hydrogen-bond donors (Lipinski definition) is 2. The van der Waals surface area contributed by atoms with Crippen molar-refractivity contribution in [1.29, 1.82) is 0 Å². The summed E-state index contributed by atoms with van der Waals surface area (Å²) < 4.78 is 0. The predicted molar refractivity (Wildman–Crippen MR) is 65.9 cm³/mol. The Bertz CT molecular complexity index is 279. The second-order valence-corrected chi connectivity index (χ2v) is 4.09. The van der Waals surface area contributed by atoms with Crippen molar-refractivity contribution >= 4 is 24.2 Å². The van der Waals surface area contributed by atoms with Gasteiger partial charge in [-0.3, -0.25) is 0 Å². The van der Waals surface area contributed by atoms with E-state index in [-0.39, 0.29) is 12.4 Å². The summed E-state index contributed by atoms with van der Waals surface area (Å²) in [7, 11) is 0. The van der Waals surface area contributed by atoms with Gasteiger partial charge in [0.25, 0.3) is 0 Å². The Labute approximate surface area is 95.8 Å². The number of nitrogens with two attached hydrogens (primary N) is 2. The quantitative estimate of drug-likeness (QED) is 0.783. The van der Waals surface area contributed by atoms with Gasteiger partial charge in [-0.15, -0.1) is 24.2 Å². The van der Waals surface area contributed by atoms with Crippen molar-refractivity contribution < 1.29 is 0 Å². The van der Waals surface area contributed by atoms with Gasteiger partial charge in [-0.2, -0.15) is 0 Å². The van der Waals surface area contributed by atoms with Crippen LogP contribution in [0, 0.1) is 0 Å². The highest BCUT2D eigenvalue weighted by molar-refractivity contribution is 7.99. The molecule has 0 heterocycles. The zero-order valence-electron chi connectivity index (χ0n) is 8.32. The molecule has 1 aromatic carbocycles. The lowest BCUT2D eigenvalue weighted by atomic mass is 10.1. The molecule has 14 heavy (non-hydrogen) atoms. The molecule has 0 fully saturated rings. The molecule has 0 radical (unpaired) electrons. The molecule has 0 amide bonds. The van der Waals surface area contributed by atoms with Crippen LogP contribution in [0.5, 0.6) is 0 Å². The molecule has 0 saturated heterocycles. The normalized spacial score (nSPS) is 9.64. The molecule has 2 nitrogen and oxygen atoms in total. The first-order chi connectivity index (χ1) is 6.31. The average molecular weight is 233 g/mol. The van der Waals surface area contributed by atoms with Crippen molar-refractivity contribution in [3.05, 3.63) is 29.3 Å².